The first-order valence-electron chi connectivity index (χ1n) is 7.93. The first-order valence-corrected chi connectivity index (χ1v) is 9.79. The minimum Gasteiger partial charge on any atom is -0.462 e. The maximum atomic E-state index is 12.6. The van der Waals surface area contributed by atoms with Crippen molar-refractivity contribution in [2.24, 2.45) is 0 Å². The van der Waals surface area contributed by atoms with Gasteiger partial charge in [-0.05, 0) is 31.2 Å². The Hall–Kier alpha value is -2.84. The lowest BCUT2D eigenvalue weighted by Gasteiger charge is -2.07. The van der Waals surface area contributed by atoms with E-state index in [-0.39, 0.29) is 28.6 Å². The number of halogens is 1. The summed E-state index contributed by atoms with van der Waals surface area (Å²) in [4.78, 5) is 12.4. The third-order valence-electron chi connectivity index (χ3n) is 3.57. The second-order valence-corrected chi connectivity index (χ2v) is 7.50. The Kier molecular flexibility index (Phi) is 5.48. The van der Waals surface area contributed by atoms with E-state index < -0.39 is 16.0 Å². The lowest BCUT2D eigenvalue weighted by molar-refractivity contribution is 0.0528. The SMILES string of the molecule is CCOC(=O)c1c(-c2ccc(Cl)cc2)noc1NS(=O)(=O)c1ccccc1. The van der Waals surface area contributed by atoms with Gasteiger partial charge < -0.3 is 9.26 Å². The average Bonchev–Trinajstić information content (AvgIpc) is 3.06. The third-order valence-corrected chi connectivity index (χ3v) is 5.17. The van der Waals surface area contributed by atoms with Crippen LogP contribution in [0.25, 0.3) is 11.3 Å². The molecule has 0 radical (unpaired) electrons. The molecular formula is C18H15ClN2O5S. The molecule has 0 saturated carbocycles. The van der Waals surface area contributed by atoms with Crippen molar-refractivity contribution < 1.29 is 22.5 Å². The van der Waals surface area contributed by atoms with E-state index in [0.717, 1.165) is 0 Å². The van der Waals surface area contributed by atoms with Crippen LogP contribution in [0.4, 0.5) is 5.88 Å². The zero-order valence-electron chi connectivity index (χ0n) is 14.2. The molecule has 1 aromatic heterocycles. The van der Waals surface area contributed by atoms with E-state index in [0.29, 0.717) is 10.6 Å². The second kappa shape index (κ2) is 7.81. The summed E-state index contributed by atoms with van der Waals surface area (Å²) < 4.78 is 37.5. The molecule has 0 atom stereocenters. The summed E-state index contributed by atoms with van der Waals surface area (Å²) in [6.07, 6.45) is 0. The predicted molar refractivity (Wildman–Crippen MR) is 100 cm³/mol. The molecule has 0 aliphatic carbocycles. The van der Waals surface area contributed by atoms with Crippen molar-refractivity contribution in [2.45, 2.75) is 11.8 Å². The molecule has 0 aliphatic rings. The molecule has 0 fully saturated rings. The van der Waals surface area contributed by atoms with Crippen molar-refractivity contribution in [1.82, 2.24) is 5.16 Å². The minimum absolute atomic E-state index is 0.0178. The predicted octanol–water partition coefficient (Wildman–Crippen LogP) is 3.97. The van der Waals surface area contributed by atoms with Crippen molar-refractivity contribution >= 4 is 33.5 Å². The van der Waals surface area contributed by atoms with E-state index >= 15 is 0 Å². The first kappa shape index (κ1) is 18.9. The average molecular weight is 407 g/mol. The summed E-state index contributed by atoms with van der Waals surface area (Å²) in [5.74, 6) is -1.07. The molecular weight excluding hydrogens is 392 g/mol. The number of hydrogen-bond donors (Lipinski definition) is 1. The van der Waals surface area contributed by atoms with Gasteiger partial charge in [0.1, 0.15) is 5.69 Å². The van der Waals surface area contributed by atoms with Crippen LogP contribution in [0.15, 0.2) is 64.0 Å². The molecule has 0 unspecified atom stereocenters. The van der Waals surface area contributed by atoms with Gasteiger partial charge in [-0.3, -0.25) is 0 Å². The number of hydrogen-bond acceptors (Lipinski definition) is 6. The van der Waals surface area contributed by atoms with Crippen LogP contribution in [0.3, 0.4) is 0 Å². The molecule has 3 rings (SSSR count). The molecule has 7 nitrogen and oxygen atoms in total. The molecule has 0 amide bonds. The number of carbonyl (C=O) groups is 1. The standard InChI is InChI=1S/C18H15ClN2O5S/c1-2-25-18(22)15-16(12-8-10-13(19)11-9-12)20-26-17(15)21-27(23,24)14-6-4-3-5-7-14/h3-11,21H,2H2,1H3. The normalized spacial score (nSPS) is 11.2. The highest BCUT2D eigenvalue weighted by Crippen LogP contribution is 2.31. The fourth-order valence-corrected chi connectivity index (χ4v) is 3.48. The molecule has 1 N–H and O–H groups in total. The van der Waals surface area contributed by atoms with E-state index in [9.17, 15) is 13.2 Å². The minimum atomic E-state index is -3.97. The molecule has 1 heterocycles. The number of benzene rings is 2. The van der Waals surface area contributed by atoms with Gasteiger partial charge in [0.25, 0.3) is 15.9 Å². The van der Waals surface area contributed by atoms with Gasteiger partial charge >= 0.3 is 5.97 Å². The van der Waals surface area contributed by atoms with Crippen LogP contribution >= 0.6 is 11.6 Å². The summed E-state index contributed by atoms with van der Waals surface area (Å²) in [6, 6.07) is 14.2. The largest absolute Gasteiger partial charge is 0.462 e. The van der Waals surface area contributed by atoms with Crippen LogP contribution in [0.1, 0.15) is 17.3 Å². The van der Waals surface area contributed by atoms with Crippen LogP contribution in [0, 0.1) is 0 Å². The molecule has 2 aromatic carbocycles. The van der Waals surface area contributed by atoms with Crippen LogP contribution in [-0.2, 0) is 14.8 Å². The van der Waals surface area contributed by atoms with Crippen molar-refractivity contribution in [1.29, 1.82) is 0 Å². The lowest BCUT2D eigenvalue weighted by atomic mass is 10.1. The van der Waals surface area contributed by atoms with Crippen molar-refractivity contribution in [3.63, 3.8) is 0 Å². The number of nitrogens with one attached hydrogen (secondary N) is 1. The number of esters is 1. The Morgan fingerprint density at radius 1 is 1.15 bits per heavy atom. The number of anilines is 1. The summed E-state index contributed by atoms with van der Waals surface area (Å²) >= 11 is 5.88. The molecule has 0 bridgehead atoms. The number of carbonyl (C=O) groups excluding carboxylic acids is 1. The summed E-state index contributed by atoms with van der Waals surface area (Å²) in [7, 11) is -3.97. The molecule has 0 saturated heterocycles. The number of aromatic nitrogens is 1. The molecule has 0 spiro atoms. The van der Waals surface area contributed by atoms with E-state index in [1.54, 1.807) is 49.4 Å². The topological polar surface area (TPSA) is 98.5 Å². The fourth-order valence-electron chi connectivity index (χ4n) is 2.34. The van der Waals surface area contributed by atoms with E-state index in [1.807, 2.05) is 0 Å². The van der Waals surface area contributed by atoms with Gasteiger partial charge in [0.2, 0.25) is 0 Å². The molecule has 3 aromatic rings. The molecule has 9 heteroatoms. The van der Waals surface area contributed by atoms with Crippen molar-refractivity contribution in [2.75, 3.05) is 11.3 Å². The number of nitrogens with zero attached hydrogens (tertiary/aromatic N) is 1. The highest BCUT2D eigenvalue weighted by Gasteiger charge is 2.28. The van der Waals surface area contributed by atoms with Crippen LogP contribution in [0.2, 0.25) is 5.02 Å². The smallest absolute Gasteiger partial charge is 0.346 e. The molecule has 27 heavy (non-hydrogen) atoms. The zero-order valence-corrected chi connectivity index (χ0v) is 15.8. The van der Waals surface area contributed by atoms with Gasteiger partial charge in [-0.15, -0.1) is 0 Å². The summed E-state index contributed by atoms with van der Waals surface area (Å²) in [5.41, 5.74) is 0.561. The second-order valence-electron chi connectivity index (χ2n) is 5.38. The Balaban J connectivity index is 2.05. The number of ether oxygens (including phenoxy) is 1. The van der Waals surface area contributed by atoms with E-state index in [2.05, 4.69) is 9.88 Å². The van der Waals surface area contributed by atoms with Gasteiger partial charge in [-0.1, -0.05) is 47.1 Å². The van der Waals surface area contributed by atoms with Crippen LogP contribution in [0.5, 0.6) is 0 Å². The lowest BCUT2D eigenvalue weighted by Crippen LogP contribution is -2.15. The fraction of sp³-hybridized carbons (Fsp3) is 0.111. The Labute approximate surface area is 160 Å². The quantitative estimate of drug-likeness (QED) is 0.622. The van der Waals surface area contributed by atoms with Gasteiger partial charge in [-0.25, -0.2) is 17.9 Å². The van der Waals surface area contributed by atoms with Gasteiger partial charge in [0, 0.05) is 10.6 Å². The Bertz CT molecular complexity index is 1050. The van der Waals surface area contributed by atoms with E-state index in [4.69, 9.17) is 20.9 Å². The summed E-state index contributed by atoms with van der Waals surface area (Å²) in [6.45, 7) is 1.75. The highest BCUT2D eigenvalue weighted by atomic mass is 35.5. The third kappa shape index (κ3) is 4.12. The highest BCUT2D eigenvalue weighted by molar-refractivity contribution is 7.92. The number of sulfonamides is 1. The molecule has 140 valence electrons. The number of rotatable bonds is 6. The first-order chi connectivity index (χ1) is 12.9. The van der Waals surface area contributed by atoms with Crippen LogP contribution in [-0.4, -0.2) is 26.2 Å². The Morgan fingerprint density at radius 2 is 1.81 bits per heavy atom. The van der Waals surface area contributed by atoms with Crippen molar-refractivity contribution in [3.05, 3.63) is 65.2 Å². The Morgan fingerprint density at radius 3 is 2.44 bits per heavy atom. The maximum absolute atomic E-state index is 12.6. The molecule has 0 aliphatic heterocycles. The van der Waals surface area contributed by atoms with E-state index in [1.165, 1.54) is 12.1 Å². The van der Waals surface area contributed by atoms with Gasteiger partial charge in [0.15, 0.2) is 5.56 Å². The van der Waals surface area contributed by atoms with Gasteiger partial charge in [-0.2, -0.15) is 0 Å². The van der Waals surface area contributed by atoms with Crippen LogP contribution < -0.4 is 4.72 Å². The zero-order chi connectivity index (χ0) is 19.4. The summed E-state index contributed by atoms with van der Waals surface area (Å²) in [5, 5.41) is 4.36. The van der Waals surface area contributed by atoms with Crippen molar-refractivity contribution in [3.8, 4) is 11.3 Å². The monoisotopic (exact) mass is 406 g/mol. The van der Waals surface area contributed by atoms with Gasteiger partial charge in [0.05, 0.1) is 11.5 Å². The maximum Gasteiger partial charge on any atom is 0.346 e.